The van der Waals surface area contributed by atoms with E-state index in [1.807, 2.05) is 61.7 Å². The van der Waals surface area contributed by atoms with E-state index in [1.165, 1.54) is 4.68 Å². The van der Waals surface area contributed by atoms with Gasteiger partial charge in [-0.3, -0.25) is 0 Å². The lowest BCUT2D eigenvalue weighted by Gasteiger charge is -2.09. The predicted molar refractivity (Wildman–Crippen MR) is 142 cm³/mol. The number of nitrogens with zero attached hydrogens (tertiary/aromatic N) is 4. The summed E-state index contributed by atoms with van der Waals surface area (Å²) in [5, 5.41) is 5.56. The fourth-order valence-electron chi connectivity index (χ4n) is 4.43. The molecule has 3 N–H and O–H groups in total. The molecule has 0 bridgehead atoms. The average Bonchev–Trinajstić information content (AvgIpc) is 3.40. The number of anilines is 1. The second-order valence-corrected chi connectivity index (χ2v) is 10.6. The van der Waals surface area contributed by atoms with Crippen molar-refractivity contribution in [2.24, 2.45) is 5.10 Å². The number of aromatic nitrogens is 4. The number of para-hydroxylation sites is 3. The zero-order chi connectivity index (χ0) is 25.0. The minimum Gasteiger partial charge on any atom is -0.382 e. The molecule has 0 aliphatic heterocycles. The van der Waals surface area contributed by atoms with Crippen molar-refractivity contribution < 1.29 is 8.42 Å². The molecule has 0 fully saturated rings. The van der Waals surface area contributed by atoms with Gasteiger partial charge < -0.3 is 10.7 Å². The molecule has 8 nitrogen and oxygen atoms in total. The van der Waals surface area contributed by atoms with Crippen LogP contribution >= 0.6 is 0 Å². The molecule has 9 heteroatoms. The van der Waals surface area contributed by atoms with Gasteiger partial charge in [-0.25, -0.2) is 18.4 Å². The quantitative estimate of drug-likeness (QED) is 0.335. The van der Waals surface area contributed by atoms with E-state index in [1.54, 1.807) is 31.3 Å². The molecule has 3 aromatic heterocycles. The fourth-order valence-corrected chi connectivity index (χ4v) is 6.24. The van der Waals surface area contributed by atoms with Gasteiger partial charge in [0.05, 0.1) is 22.1 Å². The van der Waals surface area contributed by atoms with E-state index in [0.717, 1.165) is 22.0 Å². The van der Waals surface area contributed by atoms with Gasteiger partial charge in [-0.1, -0.05) is 42.5 Å². The summed E-state index contributed by atoms with van der Waals surface area (Å²) in [7, 11) is -4.03. The number of H-pyrrole nitrogens is 1. The maximum atomic E-state index is 14.0. The summed E-state index contributed by atoms with van der Waals surface area (Å²) in [6.45, 7) is 3.61. The fraction of sp³-hybridized carbons (Fsp3) is 0.0741. The van der Waals surface area contributed by atoms with Crippen LogP contribution in [-0.2, 0) is 9.84 Å². The van der Waals surface area contributed by atoms with Crippen molar-refractivity contribution in [1.82, 2.24) is 19.6 Å². The maximum Gasteiger partial charge on any atom is 0.212 e. The van der Waals surface area contributed by atoms with Crippen molar-refractivity contribution in [3.05, 3.63) is 89.6 Å². The monoisotopic (exact) mass is 494 g/mol. The topological polar surface area (TPSA) is 119 Å². The molecule has 0 radical (unpaired) electrons. The highest BCUT2D eigenvalue weighted by molar-refractivity contribution is 7.92. The van der Waals surface area contributed by atoms with E-state index in [4.69, 9.17) is 10.7 Å². The zero-order valence-electron chi connectivity index (χ0n) is 19.6. The Morgan fingerprint density at radius 1 is 0.972 bits per heavy atom. The second kappa shape index (κ2) is 8.03. The normalized spacial score (nSPS) is 12.4. The molecule has 0 unspecified atom stereocenters. The Kier molecular flexibility index (Phi) is 4.90. The highest BCUT2D eigenvalue weighted by Crippen LogP contribution is 2.36. The van der Waals surface area contributed by atoms with E-state index in [2.05, 4.69) is 15.1 Å². The van der Waals surface area contributed by atoms with E-state index < -0.39 is 9.84 Å². The number of rotatable bonds is 4. The molecule has 0 saturated heterocycles. The van der Waals surface area contributed by atoms with Gasteiger partial charge in [-0.2, -0.15) is 9.78 Å². The number of aromatic amines is 1. The van der Waals surface area contributed by atoms with Crippen LogP contribution < -0.4 is 5.73 Å². The van der Waals surface area contributed by atoms with Gasteiger partial charge in [0, 0.05) is 22.7 Å². The summed E-state index contributed by atoms with van der Waals surface area (Å²) in [4.78, 5) is 12.7. The second-order valence-electron chi connectivity index (χ2n) is 8.72. The number of aryl methyl sites for hydroxylation is 2. The van der Waals surface area contributed by atoms with Crippen molar-refractivity contribution in [3.8, 4) is 0 Å². The van der Waals surface area contributed by atoms with Crippen LogP contribution in [0.15, 0.2) is 87.8 Å². The van der Waals surface area contributed by atoms with Gasteiger partial charge in [0.15, 0.2) is 5.65 Å². The number of nitrogens with two attached hydrogens (primary N) is 1. The van der Waals surface area contributed by atoms with Gasteiger partial charge >= 0.3 is 0 Å². The van der Waals surface area contributed by atoms with E-state index in [0.29, 0.717) is 16.6 Å². The summed E-state index contributed by atoms with van der Waals surface area (Å²) in [5.41, 5.74) is 11.4. The first kappa shape index (κ1) is 22.0. The van der Waals surface area contributed by atoms with Gasteiger partial charge in [-0.15, -0.1) is 0 Å². The molecular weight excluding hydrogens is 472 g/mol. The van der Waals surface area contributed by atoms with E-state index >= 15 is 0 Å². The maximum absolute atomic E-state index is 14.0. The first-order chi connectivity index (χ1) is 17.3. The minimum atomic E-state index is -4.03. The number of nitrogen functional groups attached to an aromatic ring is 1. The number of nitrogens with one attached hydrogen (secondary N) is 1. The van der Waals surface area contributed by atoms with E-state index in [9.17, 15) is 8.42 Å². The van der Waals surface area contributed by atoms with Gasteiger partial charge in [0.25, 0.3) is 0 Å². The summed E-state index contributed by atoms with van der Waals surface area (Å²) in [6, 6.07) is 20.4. The zero-order valence-corrected chi connectivity index (χ0v) is 20.4. The average molecular weight is 495 g/mol. The van der Waals surface area contributed by atoms with Crippen LogP contribution in [0.1, 0.15) is 16.7 Å². The highest BCUT2D eigenvalue weighted by atomic mass is 32.2. The Hall–Kier alpha value is -4.50. The third-order valence-corrected chi connectivity index (χ3v) is 8.22. The standard InChI is InChI=1S/C27H22N6O2S/c1-16-11-12-17(2)23(13-16)36(34,35)25-24-27(32-22-10-6-5-9-21(22)31-24)33(26(25)28)30-15-18-14-29-20-8-4-3-7-19(18)20/h3-15,29H,28H2,1-2H3/b30-15+. The summed E-state index contributed by atoms with van der Waals surface area (Å²) in [6.07, 6.45) is 3.48. The molecule has 3 heterocycles. The Morgan fingerprint density at radius 2 is 1.69 bits per heavy atom. The van der Waals surface area contributed by atoms with Crippen LogP contribution in [0.5, 0.6) is 0 Å². The number of fused-ring (bicyclic) bond motifs is 3. The van der Waals surface area contributed by atoms with Crippen molar-refractivity contribution >= 4 is 55.0 Å². The lowest BCUT2D eigenvalue weighted by atomic mass is 10.2. The van der Waals surface area contributed by atoms with Gasteiger partial charge in [-0.05, 0) is 49.2 Å². The Labute approximate surface area is 207 Å². The number of benzene rings is 3. The minimum absolute atomic E-state index is 0.0442. The summed E-state index contributed by atoms with van der Waals surface area (Å²) in [5.74, 6) is -0.0442. The third-order valence-electron chi connectivity index (χ3n) is 6.26. The number of hydrogen-bond acceptors (Lipinski definition) is 6. The molecule has 6 aromatic rings. The first-order valence-electron chi connectivity index (χ1n) is 11.3. The highest BCUT2D eigenvalue weighted by Gasteiger charge is 2.31. The molecule has 0 saturated carbocycles. The Morgan fingerprint density at radius 3 is 2.50 bits per heavy atom. The molecule has 178 valence electrons. The van der Waals surface area contributed by atoms with Crippen LogP contribution in [0.25, 0.3) is 33.1 Å². The Balaban J connectivity index is 1.64. The van der Waals surface area contributed by atoms with Crippen LogP contribution in [0.2, 0.25) is 0 Å². The molecule has 0 amide bonds. The van der Waals surface area contributed by atoms with Crippen molar-refractivity contribution in [3.63, 3.8) is 0 Å². The molecule has 36 heavy (non-hydrogen) atoms. The number of hydrogen-bond donors (Lipinski definition) is 2. The van der Waals surface area contributed by atoms with Crippen molar-refractivity contribution in [2.45, 2.75) is 23.6 Å². The molecular formula is C27H22N6O2S. The van der Waals surface area contributed by atoms with Crippen LogP contribution in [0, 0.1) is 13.8 Å². The largest absolute Gasteiger partial charge is 0.382 e. The van der Waals surface area contributed by atoms with Crippen LogP contribution in [-0.4, -0.2) is 34.3 Å². The van der Waals surface area contributed by atoms with Crippen molar-refractivity contribution in [2.75, 3.05) is 5.73 Å². The van der Waals surface area contributed by atoms with Crippen molar-refractivity contribution in [1.29, 1.82) is 0 Å². The van der Waals surface area contributed by atoms with Crippen LogP contribution in [0.3, 0.4) is 0 Å². The van der Waals surface area contributed by atoms with Crippen LogP contribution in [0.4, 0.5) is 5.82 Å². The molecule has 0 spiro atoms. The SMILES string of the molecule is Cc1ccc(C)c(S(=O)(=O)c2c(N)n(/N=C/c3c[nH]c4ccccc34)c3nc4ccccc4nc23)c1. The van der Waals surface area contributed by atoms with Gasteiger partial charge in [0.1, 0.15) is 16.2 Å². The summed E-state index contributed by atoms with van der Waals surface area (Å²) < 4.78 is 29.3. The van der Waals surface area contributed by atoms with E-state index in [-0.39, 0.29) is 26.8 Å². The molecule has 0 aliphatic carbocycles. The first-order valence-corrected chi connectivity index (χ1v) is 12.8. The van der Waals surface area contributed by atoms with Gasteiger partial charge in [0.2, 0.25) is 9.84 Å². The lowest BCUT2D eigenvalue weighted by molar-refractivity contribution is 0.596. The third kappa shape index (κ3) is 3.36. The molecule has 3 aromatic carbocycles. The molecule has 6 rings (SSSR count). The molecule has 0 aliphatic rings. The lowest BCUT2D eigenvalue weighted by Crippen LogP contribution is -2.08. The summed E-state index contributed by atoms with van der Waals surface area (Å²) >= 11 is 0. The smallest absolute Gasteiger partial charge is 0.212 e. The predicted octanol–water partition coefficient (Wildman–Crippen LogP) is 4.98. The number of sulfone groups is 1. The Bertz CT molecular complexity index is 1950. The molecule has 0 atom stereocenters.